The maximum absolute atomic E-state index is 11.1. The lowest BCUT2D eigenvalue weighted by molar-refractivity contribution is -0.114. The molecule has 2 N–H and O–H groups in total. The normalized spacial score (nSPS) is 19.6. The molecule has 2 unspecified atom stereocenters. The van der Waals surface area contributed by atoms with Gasteiger partial charge in [0, 0.05) is 31.3 Å². The zero-order valence-electron chi connectivity index (χ0n) is 15.6. The summed E-state index contributed by atoms with van der Waals surface area (Å²) in [7, 11) is 0. The van der Waals surface area contributed by atoms with Crippen molar-refractivity contribution in [3.8, 4) is 11.4 Å². The van der Waals surface area contributed by atoms with Crippen molar-refractivity contribution in [2.75, 3.05) is 11.9 Å². The summed E-state index contributed by atoms with van der Waals surface area (Å²) in [4.78, 5) is 17.8. The van der Waals surface area contributed by atoms with Crippen molar-refractivity contribution in [1.29, 1.82) is 0 Å². The highest BCUT2D eigenvalue weighted by Crippen LogP contribution is 2.33. The molecule has 7 heteroatoms. The average Bonchev–Trinajstić information content (AvgIpc) is 3.30. The third kappa shape index (κ3) is 4.11. The molecule has 1 aliphatic rings. The highest BCUT2D eigenvalue weighted by molar-refractivity contribution is 5.88. The SMILES string of the molecule is CC(=O)Nc1ccc(CN2CC(O)CC2c2nc(-c3ccccc3)no2)cc1. The van der Waals surface area contributed by atoms with Crippen LogP contribution in [0.3, 0.4) is 0 Å². The Balaban J connectivity index is 1.50. The summed E-state index contributed by atoms with van der Waals surface area (Å²) in [6.07, 6.45) is 0.121. The van der Waals surface area contributed by atoms with Crippen molar-refractivity contribution in [1.82, 2.24) is 15.0 Å². The van der Waals surface area contributed by atoms with Gasteiger partial charge < -0.3 is 14.9 Å². The Hall–Kier alpha value is -3.03. The number of likely N-dealkylation sites (tertiary alicyclic amines) is 1. The van der Waals surface area contributed by atoms with E-state index in [-0.39, 0.29) is 11.9 Å². The van der Waals surface area contributed by atoms with Crippen LogP contribution in [0.1, 0.15) is 30.8 Å². The zero-order valence-corrected chi connectivity index (χ0v) is 15.6. The van der Waals surface area contributed by atoms with Crippen LogP contribution < -0.4 is 5.32 Å². The summed E-state index contributed by atoms with van der Waals surface area (Å²) >= 11 is 0. The molecule has 4 rings (SSSR count). The molecule has 0 bridgehead atoms. The molecule has 1 aliphatic heterocycles. The number of nitrogens with one attached hydrogen (secondary N) is 1. The number of aromatic nitrogens is 2. The van der Waals surface area contributed by atoms with Crippen LogP contribution in [0.2, 0.25) is 0 Å². The van der Waals surface area contributed by atoms with Gasteiger partial charge in [0.15, 0.2) is 0 Å². The third-order valence-electron chi connectivity index (χ3n) is 4.80. The van der Waals surface area contributed by atoms with Gasteiger partial charge in [-0.3, -0.25) is 9.69 Å². The molecule has 1 saturated heterocycles. The topological polar surface area (TPSA) is 91.5 Å². The first-order valence-electron chi connectivity index (χ1n) is 9.26. The lowest BCUT2D eigenvalue weighted by Crippen LogP contribution is -2.24. The van der Waals surface area contributed by atoms with E-state index in [2.05, 4.69) is 20.4 Å². The van der Waals surface area contributed by atoms with Crippen molar-refractivity contribution < 1.29 is 14.4 Å². The lowest BCUT2D eigenvalue weighted by atomic mass is 10.1. The van der Waals surface area contributed by atoms with Gasteiger partial charge in [-0.15, -0.1) is 0 Å². The Bertz CT molecular complexity index is 940. The number of hydrogen-bond donors (Lipinski definition) is 2. The molecule has 0 spiro atoms. The van der Waals surface area contributed by atoms with Gasteiger partial charge in [0.25, 0.3) is 0 Å². The maximum Gasteiger partial charge on any atom is 0.244 e. The number of carbonyl (C=O) groups is 1. The predicted octanol–water partition coefficient (Wildman–Crippen LogP) is 3.00. The van der Waals surface area contributed by atoms with E-state index in [1.54, 1.807) is 0 Å². The smallest absolute Gasteiger partial charge is 0.244 e. The van der Waals surface area contributed by atoms with E-state index in [1.165, 1.54) is 6.92 Å². The second kappa shape index (κ2) is 7.92. The summed E-state index contributed by atoms with van der Waals surface area (Å²) in [5.74, 6) is 0.975. The van der Waals surface area contributed by atoms with E-state index in [4.69, 9.17) is 4.52 Å². The van der Waals surface area contributed by atoms with Crippen molar-refractivity contribution in [3.05, 3.63) is 66.1 Å². The fourth-order valence-electron chi connectivity index (χ4n) is 3.52. The first-order valence-corrected chi connectivity index (χ1v) is 9.26. The molecule has 3 aromatic rings. The largest absolute Gasteiger partial charge is 0.392 e. The minimum Gasteiger partial charge on any atom is -0.392 e. The van der Waals surface area contributed by atoms with Crippen LogP contribution in [0.4, 0.5) is 5.69 Å². The highest BCUT2D eigenvalue weighted by Gasteiger charge is 2.35. The molecule has 1 aromatic heterocycles. The minimum atomic E-state index is -0.435. The van der Waals surface area contributed by atoms with Crippen molar-refractivity contribution in [3.63, 3.8) is 0 Å². The number of amides is 1. The van der Waals surface area contributed by atoms with Crippen LogP contribution in [0.15, 0.2) is 59.1 Å². The van der Waals surface area contributed by atoms with Crippen LogP contribution in [-0.2, 0) is 11.3 Å². The Morgan fingerprint density at radius 3 is 2.68 bits per heavy atom. The Morgan fingerprint density at radius 2 is 1.96 bits per heavy atom. The van der Waals surface area contributed by atoms with Crippen LogP contribution in [0.5, 0.6) is 0 Å². The minimum absolute atomic E-state index is 0.0962. The summed E-state index contributed by atoms with van der Waals surface area (Å²) in [6, 6.07) is 17.2. The van der Waals surface area contributed by atoms with Gasteiger partial charge in [-0.2, -0.15) is 4.98 Å². The Labute approximate surface area is 163 Å². The molecule has 144 valence electrons. The quantitative estimate of drug-likeness (QED) is 0.709. The number of rotatable bonds is 5. The van der Waals surface area contributed by atoms with E-state index in [1.807, 2.05) is 54.6 Å². The number of aliphatic hydroxyl groups excluding tert-OH is 1. The molecule has 2 atom stereocenters. The molecule has 1 amide bonds. The predicted molar refractivity (Wildman–Crippen MR) is 104 cm³/mol. The lowest BCUT2D eigenvalue weighted by Gasteiger charge is -2.21. The van der Waals surface area contributed by atoms with Gasteiger partial charge in [0.1, 0.15) is 0 Å². The van der Waals surface area contributed by atoms with Crippen molar-refractivity contribution in [2.24, 2.45) is 0 Å². The molecule has 0 aliphatic carbocycles. The third-order valence-corrected chi connectivity index (χ3v) is 4.80. The Morgan fingerprint density at radius 1 is 1.21 bits per heavy atom. The summed E-state index contributed by atoms with van der Waals surface area (Å²) in [5.41, 5.74) is 2.74. The molecule has 7 nitrogen and oxygen atoms in total. The highest BCUT2D eigenvalue weighted by atomic mass is 16.5. The van der Waals surface area contributed by atoms with E-state index in [9.17, 15) is 9.90 Å². The van der Waals surface area contributed by atoms with Gasteiger partial charge in [-0.05, 0) is 24.1 Å². The fourth-order valence-corrected chi connectivity index (χ4v) is 3.52. The number of aliphatic hydroxyl groups is 1. The maximum atomic E-state index is 11.1. The van der Waals surface area contributed by atoms with Crippen molar-refractivity contribution >= 4 is 11.6 Å². The number of hydrogen-bond acceptors (Lipinski definition) is 6. The van der Waals surface area contributed by atoms with Crippen LogP contribution >= 0.6 is 0 Å². The number of β-amino-alcohol motifs (C(OH)–C–C–N with tert-alkyl or cyclic N) is 1. The van der Waals surface area contributed by atoms with Crippen molar-refractivity contribution in [2.45, 2.75) is 32.0 Å². The second-order valence-electron chi connectivity index (χ2n) is 7.04. The average molecular weight is 378 g/mol. The van der Waals surface area contributed by atoms with E-state index >= 15 is 0 Å². The van der Waals surface area contributed by atoms with Crippen LogP contribution in [0, 0.1) is 0 Å². The van der Waals surface area contributed by atoms with Gasteiger partial charge in [-0.1, -0.05) is 47.6 Å². The van der Waals surface area contributed by atoms with E-state index in [0.717, 1.165) is 16.8 Å². The van der Waals surface area contributed by atoms with E-state index in [0.29, 0.717) is 31.2 Å². The van der Waals surface area contributed by atoms with Gasteiger partial charge in [0.05, 0.1) is 12.1 Å². The molecule has 1 fully saturated rings. The molecule has 0 saturated carbocycles. The Kier molecular flexibility index (Phi) is 5.18. The zero-order chi connectivity index (χ0) is 19.5. The molecular formula is C21H22N4O3. The molecule has 2 heterocycles. The first-order chi connectivity index (χ1) is 13.6. The summed E-state index contributed by atoms with van der Waals surface area (Å²) < 4.78 is 5.52. The van der Waals surface area contributed by atoms with Gasteiger partial charge in [0.2, 0.25) is 17.6 Å². The van der Waals surface area contributed by atoms with Crippen LogP contribution in [0.25, 0.3) is 11.4 Å². The van der Waals surface area contributed by atoms with Gasteiger partial charge >= 0.3 is 0 Å². The second-order valence-corrected chi connectivity index (χ2v) is 7.04. The standard InChI is InChI=1S/C21H22N4O3/c1-14(26)22-17-9-7-15(8-10-17)12-25-13-18(27)11-19(25)21-23-20(24-28-21)16-5-3-2-4-6-16/h2-10,18-19,27H,11-13H2,1H3,(H,22,26). The molecule has 0 radical (unpaired) electrons. The van der Waals surface area contributed by atoms with Gasteiger partial charge in [-0.25, -0.2) is 0 Å². The summed E-state index contributed by atoms with van der Waals surface area (Å²) in [6.45, 7) is 2.67. The fraction of sp³-hybridized carbons (Fsp3) is 0.286. The molecule has 28 heavy (non-hydrogen) atoms. The van der Waals surface area contributed by atoms with Crippen LogP contribution in [-0.4, -0.2) is 38.7 Å². The number of anilines is 1. The number of nitrogens with zero attached hydrogens (tertiary/aromatic N) is 3. The van der Waals surface area contributed by atoms with E-state index < -0.39 is 6.10 Å². The number of benzene rings is 2. The number of carbonyl (C=O) groups excluding carboxylic acids is 1. The molecule has 2 aromatic carbocycles. The first kappa shape index (κ1) is 18.3. The summed E-state index contributed by atoms with van der Waals surface area (Å²) in [5, 5.41) is 17.1. The monoisotopic (exact) mass is 378 g/mol. The molecular weight excluding hydrogens is 356 g/mol.